The minimum atomic E-state index is -0.586. The Kier molecular flexibility index (Phi) is 5.81. The fraction of sp³-hybridized carbons (Fsp3) is 0.800. The summed E-state index contributed by atoms with van der Waals surface area (Å²) in [6, 6.07) is 8.85. The van der Waals surface area contributed by atoms with Gasteiger partial charge in [-0.25, -0.2) is 0 Å². The fourth-order valence-electron chi connectivity index (χ4n) is 9.58. The van der Waals surface area contributed by atoms with Crippen LogP contribution in [0, 0.1) is 47.3 Å². The molecule has 9 atom stereocenters. The predicted octanol–water partition coefficient (Wildman–Crippen LogP) is 6.70. The first-order valence-electron chi connectivity index (χ1n) is 13.6. The van der Waals surface area contributed by atoms with Gasteiger partial charge >= 0.3 is 0 Å². The molecule has 5 rings (SSSR count). The molecule has 0 spiro atoms. The molecule has 0 radical (unpaired) electrons. The zero-order chi connectivity index (χ0) is 22.7. The second-order valence-corrected chi connectivity index (χ2v) is 13.1. The molecule has 1 aromatic carbocycles. The second-order valence-electron chi connectivity index (χ2n) is 13.1. The summed E-state index contributed by atoms with van der Waals surface area (Å²) in [4.78, 5) is 0. The largest absolute Gasteiger partial charge is 0.393 e. The Bertz CT molecular complexity index is 813. The van der Waals surface area contributed by atoms with E-state index < -0.39 is 5.60 Å². The molecule has 178 valence electrons. The lowest BCUT2D eigenvalue weighted by molar-refractivity contribution is -0.144. The van der Waals surface area contributed by atoms with Crippen molar-refractivity contribution in [2.45, 2.75) is 110 Å². The Hall–Kier alpha value is -0.860. The van der Waals surface area contributed by atoms with Crippen molar-refractivity contribution >= 4 is 0 Å². The fourth-order valence-corrected chi connectivity index (χ4v) is 9.58. The van der Waals surface area contributed by atoms with Crippen molar-refractivity contribution in [3.05, 3.63) is 35.4 Å². The number of fused-ring (bicyclic) bond motifs is 5. The van der Waals surface area contributed by atoms with Crippen LogP contribution < -0.4 is 0 Å². The van der Waals surface area contributed by atoms with Crippen LogP contribution in [0.3, 0.4) is 0 Å². The lowest BCUT2D eigenvalue weighted by Gasteiger charge is -2.61. The van der Waals surface area contributed by atoms with Crippen molar-refractivity contribution < 1.29 is 10.2 Å². The SMILES string of the molecule is Cc1ccc(CC[C@](C)(O)[C@H]2CC[C@H]3[C@@H]4CC[C@H]5C[C@@H](O)CC[C@]5(C)[C@H]4CC[C@@]32C)cc1. The molecule has 4 saturated carbocycles. The van der Waals surface area contributed by atoms with Gasteiger partial charge in [0, 0.05) is 0 Å². The molecule has 4 aliphatic carbocycles. The van der Waals surface area contributed by atoms with Gasteiger partial charge < -0.3 is 10.2 Å². The molecule has 0 aliphatic heterocycles. The van der Waals surface area contributed by atoms with Gasteiger partial charge in [0.15, 0.2) is 0 Å². The maximum atomic E-state index is 11.8. The highest BCUT2D eigenvalue weighted by Crippen LogP contribution is 2.68. The van der Waals surface area contributed by atoms with Gasteiger partial charge in [-0.05, 0) is 130 Å². The Balaban J connectivity index is 1.31. The van der Waals surface area contributed by atoms with E-state index in [0.29, 0.717) is 11.3 Å². The Morgan fingerprint density at radius 2 is 1.59 bits per heavy atom. The number of aryl methyl sites for hydroxylation is 2. The summed E-state index contributed by atoms with van der Waals surface area (Å²) in [5, 5.41) is 22.1. The third-order valence-corrected chi connectivity index (χ3v) is 11.4. The lowest BCUT2D eigenvalue weighted by Crippen LogP contribution is -2.55. The summed E-state index contributed by atoms with van der Waals surface area (Å²) in [5.41, 5.74) is 2.80. The summed E-state index contributed by atoms with van der Waals surface area (Å²) in [6.07, 6.45) is 12.9. The molecular formula is C30H46O2. The molecule has 0 heterocycles. The van der Waals surface area contributed by atoms with Crippen LogP contribution in [0.4, 0.5) is 0 Å². The average Bonchev–Trinajstić information content (AvgIpc) is 3.12. The monoisotopic (exact) mass is 438 g/mol. The number of aliphatic hydroxyl groups excluding tert-OH is 1. The van der Waals surface area contributed by atoms with E-state index in [-0.39, 0.29) is 11.5 Å². The highest BCUT2D eigenvalue weighted by molar-refractivity contribution is 5.22. The molecule has 2 heteroatoms. The summed E-state index contributed by atoms with van der Waals surface area (Å²) in [6.45, 7) is 9.41. The smallest absolute Gasteiger partial charge is 0.0656 e. The predicted molar refractivity (Wildman–Crippen MR) is 131 cm³/mol. The van der Waals surface area contributed by atoms with Crippen LogP contribution in [0.25, 0.3) is 0 Å². The van der Waals surface area contributed by atoms with E-state index in [9.17, 15) is 10.2 Å². The molecule has 4 fully saturated rings. The Morgan fingerprint density at radius 3 is 2.34 bits per heavy atom. The van der Waals surface area contributed by atoms with Crippen molar-refractivity contribution in [3.8, 4) is 0 Å². The van der Waals surface area contributed by atoms with Crippen molar-refractivity contribution in [2.75, 3.05) is 0 Å². The highest BCUT2D eigenvalue weighted by Gasteiger charge is 2.62. The minimum absolute atomic E-state index is 0.0574. The van der Waals surface area contributed by atoms with Gasteiger partial charge in [-0.2, -0.15) is 0 Å². The van der Waals surface area contributed by atoms with E-state index in [4.69, 9.17) is 0 Å². The molecule has 2 N–H and O–H groups in total. The van der Waals surface area contributed by atoms with Crippen LogP contribution in [-0.4, -0.2) is 21.9 Å². The molecule has 32 heavy (non-hydrogen) atoms. The molecule has 4 aliphatic rings. The molecule has 0 saturated heterocycles. The summed E-state index contributed by atoms with van der Waals surface area (Å²) in [5.74, 6) is 3.60. The van der Waals surface area contributed by atoms with Crippen molar-refractivity contribution in [1.29, 1.82) is 0 Å². The first kappa shape index (κ1) is 22.9. The summed E-state index contributed by atoms with van der Waals surface area (Å²) in [7, 11) is 0. The third kappa shape index (κ3) is 3.68. The standard InChI is InChI=1S/C30H46O2/c1-20-5-7-21(8-6-20)13-18-30(4,32)27-12-11-25-24-10-9-22-19-23(31)14-16-28(22,2)26(24)15-17-29(25,27)3/h5-8,22-27,31-32H,9-19H2,1-4H3/t22-,23-,24-,25-,26-,27-,28-,29-,30-/m0/s1. The van der Waals surface area contributed by atoms with E-state index in [1.807, 2.05) is 0 Å². The number of hydrogen-bond acceptors (Lipinski definition) is 2. The van der Waals surface area contributed by atoms with Gasteiger partial charge in [0.1, 0.15) is 0 Å². The molecule has 0 aromatic heterocycles. The van der Waals surface area contributed by atoms with E-state index in [0.717, 1.165) is 49.4 Å². The van der Waals surface area contributed by atoms with Crippen molar-refractivity contribution in [3.63, 3.8) is 0 Å². The molecule has 0 unspecified atom stereocenters. The molecule has 1 aromatic rings. The Morgan fingerprint density at radius 1 is 0.906 bits per heavy atom. The van der Waals surface area contributed by atoms with Gasteiger partial charge in [0.25, 0.3) is 0 Å². The lowest BCUT2D eigenvalue weighted by atomic mass is 9.44. The van der Waals surface area contributed by atoms with Gasteiger partial charge in [-0.15, -0.1) is 0 Å². The second kappa shape index (κ2) is 8.12. The van der Waals surface area contributed by atoms with Gasteiger partial charge in [-0.3, -0.25) is 0 Å². The summed E-state index contributed by atoms with van der Waals surface area (Å²) < 4.78 is 0. The zero-order valence-corrected chi connectivity index (χ0v) is 20.9. The van der Waals surface area contributed by atoms with Crippen LogP contribution >= 0.6 is 0 Å². The highest BCUT2D eigenvalue weighted by atomic mass is 16.3. The van der Waals surface area contributed by atoms with E-state index in [1.165, 1.54) is 56.1 Å². The first-order chi connectivity index (χ1) is 15.1. The first-order valence-corrected chi connectivity index (χ1v) is 13.6. The number of benzene rings is 1. The van der Waals surface area contributed by atoms with E-state index in [1.54, 1.807) is 0 Å². The number of hydrogen-bond donors (Lipinski definition) is 2. The van der Waals surface area contributed by atoms with Crippen molar-refractivity contribution in [1.82, 2.24) is 0 Å². The quantitative estimate of drug-likeness (QED) is 0.549. The van der Waals surface area contributed by atoms with Gasteiger partial charge in [0.2, 0.25) is 0 Å². The number of rotatable bonds is 4. The van der Waals surface area contributed by atoms with Gasteiger partial charge in [-0.1, -0.05) is 43.7 Å². The normalized spacial score (nSPS) is 45.4. The van der Waals surface area contributed by atoms with Crippen LogP contribution in [0.1, 0.15) is 96.1 Å². The maximum Gasteiger partial charge on any atom is 0.0656 e. The van der Waals surface area contributed by atoms with Crippen LogP contribution in [-0.2, 0) is 6.42 Å². The number of aliphatic hydroxyl groups is 2. The van der Waals surface area contributed by atoms with Crippen LogP contribution in [0.15, 0.2) is 24.3 Å². The third-order valence-electron chi connectivity index (χ3n) is 11.4. The van der Waals surface area contributed by atoms with Gasteiger partial charge in [0.05, 0.1) is 11.7 Å². The summed E-state index contributed by atoms with van der Waals surface area (Å²) >= 11 is 0. The minimum Gasteiger partial charge on any atom is -0.393 e. The van der Waals surface area contributed by atoms with Crippen molar-refractivity contribution in [2.24, 2.45) is 40.4 Å². The van der Waals surface area contributed by atoms with E-state index >= 15 is 0 Å². The van der Waals surface area contributed by atoms with Crippen LogP contribution in [0.5, 0.6) is 0 Å². The molecular weight excluding hydrogens is 392 g/mol. The topological polar surface area (TPSA) is 40.5 Å². The Labute approximate surface area is 196 Å². The average molecular weight is 439 g/mol. The zero-order valence-electron chi connectivity index (χ0n) is 20.9. The molecule has 0 amide bonds. The maximum absolute atomic E-state index is 11.8. The molecule has 2 nitrogen and oxygen atoms in total. The van der Waals surface area contributed by atoms with E-state index in [2.05, 4.69) is 52.0 Å². The molecule has 0 bridgehead atoms. The van der Waals surface area contributed by atoms with Crippen LogP contribution in [0.2, 0.25) is 0 Å².